The summed E-state index contributed by atoms with van der Waals surface area (Å²) in [5, 5.41) is 1.91. The van der Waals surface area contributed by atoms with Crippen LogP contribution in [0, 0.1) is 0 Å². The highest BCUT2D eigenvalue weighted by Gasteiger charge is 2.27. The summed E-state index contributed by atoms with van der Waals surface area (Å²) in [5.41, 5.74) is 4.81. The summed E-state index contributed by atoms with van der Waals surface area (Å²) < 4.78 is 2.15. The highest BCUT2D eigenvalue weighted by Crippen LogP contribution is 2.35. The molecule has 1 amide bonds. The topological polar surface area (TPSA) is 28.5 Å². The molecule has 5 heteroatoms. The van der Waals surface area contributed by atoms with Gasteiger partial charge in [0.15, 0.2) is 0 Å². The Morgan fingerprint density at radius 3 is 2.29 bits per heavy atom. The van der Waals surface area contributed by atoms with Crippen molar-refractivity contribution in [2.45, 2.75) is 18.9 Å². The lowest BCUT2D eigenvalue weighted by Gasteiger charge is -2.35. The van der Waals surface area contributed by atoms with Crippen LogP contribution in [-0.2, 0) is 18.4 Å². The van der Waals surface area contributed by atoms with E-state index in [1.807, 2.05) is 23.1 Å². The molecule has 1 aliphatic heterocycles. The van der Waals surface area contributed by atoms with Gasteiger partial charge in [-0.2, -0.15) is 0 Å². The molecule has 0 spiro atoms. The van der Waals surface area contributed by atoms with Crippen LogP contribution in [0.1, 0.15) is 29.0 Å². The van der Waals surface area contributed by atoms with Gasteiger partial charge in [-0.1, -0.05) is 72.3 Å². The van der Waals surface area contributed by atoms with Crippen molar-refractivity contribution in [3.8, 4) is 0 Å². The fourth-order valence-corrected chi connectivity index (χ4v) is 5.18. The van der Waals surface area contributed by atoms with Gasteiger partial charge in [0, 0.05) is 74.2 Å². The van der Waals surface area contributed by atoms with Crippen LogP contribution in [0.5, 0.6) is 0 Å². The van der Waals surface area contributed by atoms with E-state index in [0.717, 1.165) is 38.3 Å². The number of nitrogens with zero attached hydrogens (tertiary/aromatic N) is 3. The second kappa shape index (κ2) is 10.0. The normalized spacial score (nSPS) is 15.5. The molecule has 34 heavy (non-hydrogen) atoms. The highest BCUT2D eigenvalue weighted by molar-refractivity contribution is 6.30. The average molecular weight is 472 g/mol. The molecule has 5 rings (SSSR count). The summed E-state index contributed by atoms with van der Waals surface area (Å²) in [6.45, 7) is 4.29. The number of hydrogen-bond donors (Lipinski definition) is 0. The molecule has 1 aliphatic rings. The van der Waals surface area contributed by atoms with Crippen molar-refractivity contribution < 1.29 is 4.79 Å². The number of amides is 1. The van der Waals surface area contributed by atoms with Gasteiger partial charge < -0.3 is 9.47 Å². The van der Waals surface area contributed by atoms with Gasteiger partial charge in [-0.05, 0) is 34.9 Å². The summed E-state index contributed by atoms with van der Waals surface area (Å²) in [5.74, 6) is 0.200. The number of carbonyl (C=O) groups is 1. The Bertz CT molecular complexity index is 1260. The summed E-state index contributed by atoms with van der Waals surface area (Å²) in [6.07, 6.45) is 2.63. The first-order valence-electron chi connectivity index (χ1n) is 11.9. The molecule has 0 N–H and O–H groups in total. The van der Waals surface area contributed by atoms with E-state index in [2.05, 4.69) is 83.4 Å². The van der Waals surface area contributed by atoms with Gasteiger partial charge in [0.1, 0.15) is 0 Å². The van der Waals surface area contributed by atoms with Crippen LogP contribution in [0.4, 0.5) is 0 Å². The molecular weight excluding hydrogens is 442 g/mol. The fourth-order valence-electron chi connectivity index (χ4n) is 5.05. The van der Waals surface area contributed by atoms with Crippen LogP contribution in [0.2, 0.25) is 5.02 Å². The van der Waals surface area contributed by atoms with Crippen LogP contribution in [0.25, 0.3) is 10.9 Å². The number of rotatable bonds is 6. The zero-order valence-corrected chi connectivity index (χ0v) is 20.3. The van der Waals surface area contributed by atoms with Crippen LogP contribution in [0.15, 0.2) is 85.1 Å². The number of benzene rings is 3. The first-order valence-corrected chi connectivity index (χ1v) is 12.3. The van der Waals surface area contributed by atoms with Crippen molar-refractivity contribution in [1.29, 1.82) is 0 Å². The molecule has 0 aliphatic carbocycles. The minimum atomic E-state index is -0.0155. The van der Waals surface area contributed by atoms with Crippen molar-refractivity contribution in [3.63, 3.8) is 0 Å². The van der Waals surface area contributed by atoms with Crippen molar-refractivity contribution in [2.24, 2.45) is 7.05 Å². The molecule has 1 saturated heterocycles. The number of aryl methyl sites for hydroxylation is 1. The van der Waals surface area contributed by atoms with E-state index in [0.29, 0.717) is 11.4 Å². The quantitative estimate of drug-likeness (QED) is 0.361. The number of carbonyl (C=O) groups excluding carboxylic acids is 1. The van der Waals surface area contributed by atoms with Crippen LogP contribution < -0.4 is 0 Å². The standard InChI is InChI=1S/C29H30ClN3O/c1-31-21-27(25-9-5-6-10-28(25)31)26(23-11-13-24(30)14-12-23)19-29(34)33-17-15-32(16-18-33)20-22-7-3-2-4-8-22/h2-14,21,26H,15-20H2,1H3. The Labute approximate surface area is 206 Å². The minimum absolute atomic E-state index is 0.0155. The molecular formula is C29H30ClN3O. The molecule has 1 atom stereocenters. The van der Waals surface area contributed by atoms with E-state index in [1.54, 1.807) is 0 Å². The van der Waals surface area contributed by atoms with Gasteiger partial charge in [0.25, 0.3) is 0 Å². The van der Waals surface area contributed by atoms with E-state index in [1.165, 1.54) is 22.0 Å². The summed E-state index contributed by atoms with van der Waals surface area (Å²) in [6, 6.07) is 26.9. The van der Waals surface area contributed by atoms with Gasteiger partial charge >= 0.3 is 0 Å². The molecule has 1 fully saturated rings. The zero-order valence-electron chi connectivity index (χ0n) is 19.5. The maximum atomic E-state index is 13.5. The third-order valence-corrected chi connectivity index (χ3v) is 7.18. The van der Waals surface area contributed by atoms with E-state index in [4.69, 9.17) is 11.6 Å². The first-order chi connectivity index (χ1) is 16.6. The number of para-hydroxylation sites is 1. The molecule has 0 saturated carbocycles. The predicted molar refractivity (Wildman–Crippen MR) is 139 cm³/mol. The largest absolute Gasteiger partial charge is 0.350 e. The molecule has 0 radical (unpaired) electrons. The predicted octanol–water partition coefficient (Wildman–Crippen LogP) is 5.70. The van der Waals surface area contributed by atoms with Gasteiger partial charge in [-0.25, -0.2) is 0 Å². The minimum Gasteiger partial charge on any atom is -0.350 e. The average Bonchev–Trinajstić information content (AvgIpc) is 3.20. The summed E-state index contributed by atoms with van der Waals surface area (Å²) in [4.78, 5) is 18.0. The lowest BCUT2D eigenvalue weighted by Crippen LogP contribution is -2.48. The van der Waals surface area contributed by atoms with Gasteiger partial charge in [-0.15, -0.1) is 0 Å². The van der Waals surface area contributed by atoms with Crippen molar-refractivity contribution in [3.05, 3.63) is 107 Å². The third kappa shape index (κ3) is 4.89. The SMILES string of the molecule is Cn1cc(C(CC(=O)N2CCN(Cc3ccccc3)CC2)c2ccc(Cl)cc2)c2ccccc21. The van der Waals surface area contributed by atoms with Gasteiger partial charge in [0.05, 0.1) is 0 Å². The van der Waals surface area contributed by atoms with E-state index < -0.39 is 0 Å². The third-order valence-electron chi connectivity index (χ3n) is 6.93. The Morgan fingerprint density at radius 2 is 1.56 bits per heavy atom. The van der Waals surface area contributed by atoms with Crippen molar-refractivity contribution >= 4 is 28.4 Å². The summed E-state index contributed by atoms with van der Waals surface area (Å²) >= 11 is 6.18. The monoisotopic (exact) mass is 471 g/mol. The van der Waals surface area contributed by atoms with Crippen LogP contribution >= 0.6 is 11.6 Å². The molecule has 1 unspecified atom stereocenters. The van der Waals surface area contributed by atoms with Gasteiger partial charge in [-0.3, -0.25) is 9.69 Å². The van der Waals surface area contributed by atoms with Crippen LogP contribution in [-0.4, -0.2) is 46.5 Å². The van der Waals surface area contributed by atoms with E-state index in [-0.39, 0.29) is 11.8 Å². The second-order valence-corrected chi connectivity index (χ2v) is 9.60. The number of halogens is 1. The number of hydrogen-bond acceptors (Lipinski definition) is 2. The molecule has 4 nitrogen and oxygen atoms in total. The molecule has 4 aromatic rings. The second-order valence-electron chi connectivity index (χ2n) is 9.16. The molecule has 0 bridgehead atoms. The van der Waals surface area contributed by atoms with E-state index >= 15 is 0 Å². The Morgan fingerprint density at radius 1 is 0.882 bits per heavy atom. The Balaban J connectivity index is 1.34. The van der Waals surface area contributed by atoms with Gasteiger partial charge in [0.2, 0.25) is 5.91 Å². The first kappa shape index (κ1) is 22.7. The number of fused-ring (bicyclic) bond motifs is 1. The van der Waals surface area contributed by atoms with Crippen molar-refractivity contribution in [2.75, 3.05) is 26.2 Å². The molecule has 2 heterocycles. The Kier molecular flexibility index (Phi) is 6.70. The smallest absolute Gasteiger partial charge is 0.223 e. The molecule has 174 valence electrons. The lowest BCUT2D eigenvalue weighted by molar-refractivity contribution is -0.133. The van der Waals surface area contributed by atoms with Crippen molar-refractivity contribution in [1.82, 2.24) is 14.4 Å². The number of piperazine rings is 1. The highest BCUT2D eigenvalue weighted by atomic mass is 35.5. The Hall–Kier alpha value is -3.08. The van der Waals surface area contributed by atoms with Crippen LogP contribution in [0.3, 0.4) is 0 Å². The zero-order chi connectivity index (χ0) is 23.5. The maximum Gasteiger partial charge on any atom is 0.223 e. The summed E-state index contributed by atoms with van der Waals surface area (Å²) in [7, 11) is 2.07. The fraction of sp³-hybridized carbons (Fsp3) is 0.276. The molecule has 3 aromatic carbocycles. The maximum absolute atomic E-state index is 13.5. The molecule has 1 aromatic heterocycles. The number of aromatic nitrogens is 1. The van der Waals surface area contributed by atoms with E-state index in [9.17, 15) is 4.79 Å². The lowest BCUT2D eigenvalue weighted by atomic mass is 9.87.